The molecule has 4 aliphatic carbocycles. The topological polar surface area (TPSA) is 75.6 Å². The SMILES string of the molecule is CC(C)(C)NC(=O)[C@H]1CC[C@H]2[C@@H]3CC=C4C=C(OC(=O)O)CC[C@@H]4[C@H]3CC[C@]12C. The molecule has 0 aromatic carbocycles. The molecular formula is C24H35NO4. The van der Waals surface area contributed by atoms with Gasteiger partial charge in [0, 0.05) is 17.9 Å². The van der Waals surface area contributed by atoms with Crippen LogP contribution in [0, 0.1) is 35.0 Å². The molecule has 2 fully saturated rings. The summed E-state index contributed by atoms with van der Waals surface area (Å²) in [6.07, 6.45) is 10.2. The Kier molecular flexibility index (Phi) is 5.07. The van der Waals surface area contributed by atoms with Gasteiger partial charge in [-0.25, -0.2) is 4.79 Å². The molecule has 6 atom stereocenters. The van der Waals surface area contributed by atoms with E-state index >= 15 is 0 Å². The summed E-state index contributed by atoms with van der Waals surface area (Å²) in [6.45, 7) is 8.54. The molecule has 2 N–H and O–H groups in total. The van der Waals surface area contributed by atoms with Crippen LogP contribution < -0.4 is 5.32 Å². The molecule has 1 amide bonds. The fraction of sp³-hybridized carbons (Fsp3) is 0.750. The molecule has 2 saturated carbocycles. The summed E-state index contributed by atoms with van der Waals surface area (Å²) in [5.41, 5.74) is 1.19. The van der Waals surface area contributed by atoms with E-state index < -0.39 is 6.16 Å². The molecule has 0 spiro atoms. The van der Waals surface area contributed by atoms with Gasteiger partial charge in [-0.2, -0.15) is 0 Å². The monoisotopic (exact) mass is 401 g/mol. The van der Waals surface area contributed by atoms with Crippen LogP contribution in [0.5, 0.6) is 0 Å². The average molecular weight is 402 g/mol. The third-order valence-electron chi connectivity index (χ3n) is 8.13. The maximum absolute atomic E-state index is 13.0. The third kappa shape index (κ3) is 3.73. The van der Waals surface area contributed by atoms with Crippen molar-refractivity contribution in [2.75, 3.05) is 0 Å². The first-order valence-corrected chi connectivity index (χ1v) is 11.2. The zero-order chi connectivity index (χ0) is 21.0. The van der Waals surface area contributed by atoms with E-state index in [1.165, 1.54) is 12.0 Å². The van der Waals surface area contributed by atoms with E-state index in [9.17, 15) is 9.59 Å². The first-order chi connectivity index (χ1) is 13.6. The molecule has 4 rings (SSSR count). The van der Waals surface area contributed by atoms with Crippen molar-refractivity contribution >= 4 is 12.1 Å². The van der Waals surface area contributed by atoms with Gasteiger partial charge in [-0.3, -0.25) is 4.79 Å². The normalized spacial score (nSPS) is 38.7. The highest BCUT2D eigenvalue weighted by Gasteiger charge is 2.57. The van der Waals surface area contributed by atoms with Gasteiger partial charge in [-0.05, 0) is 100 Å². The maximum atomic E-state index is 13.0. The number of rotatable bonds is 2. The number of carboxylic acid groups (broad SMARTS) is 1. The number of hydrogen-bond acceptors (Lipinski definition) is 3. The third-order valence-corrected chi connectivity index (χ3v) is 8.13. The predicted molar refractivity (Wildman–Crippen MR) is 111 cm³/mol. The van der Waals surface area contributed by atoms with E-state index in [-0.39, 0.29) is 22.8 Å². The van der Waals surface area contributed by atoms with Gasteiger partial charge in [0.2, 0.25) is 5.91 Å². The average Bonchev–Trinajstić information content (AvgIpc) is 2.96. The lowest BCUT2D eigenvalue weighted by atomic mass is 9.52. The Labute approximate surface area is 174 Å². The smallest absolute Gasteiger partial charge is 0.449 e. The minimum absolute atomic E-state index is 0.101. The molecule has 0 unspecified atom stereocenters. The molecule has 5 heteroatoms. The molecular weight excluding hydrogens is 366 g/mol. The lowest BCUT2D eigenvalue weighted by molar-refractivity contribution is -0.132. The summed E-state index contributed by atoms with van der Waals surface area (Å²) < 4.78 is 4.93. The number of amides is 1. The maximum Gasteiger partial charge on any atom is 0.511 e. The van der Waals surface area contributed by atoms with Gasteiger partial charge in [0.15, 0.2) is 0 Å². The van der Waals surface area contributed by atoms with Crippen LogP contribution in [0.15, 0.2) is 23.5 Å². The number of fused-ring (bicyclic) bond motifs is 5. The summed E-state index contributed by atoms with van der Waals surface area (Å²) in [5, 5.41) is 12.1. The van der Waals surface area contributed by atoms with Crippen molar-refractivity contribution < 1.29 is 19.4 Å². The van der Waals surface area contributed by atoms with Crippen molar-refractivity contribution in [1.29, 1.82) is 0 Å². The molecule has 0 saturated heterocycles. The second kappa shape index (κ2) is 7.17. The Morgan fingerprint density at radius 1 is 1.17 bits per heavy atom. The molecule has 160 valence electrons. The van der Waals surface area contributed by atoms with Crippen LogP contribution in [0.2, 0.25) is 0 Å². The van der Waals surface area contributed by atoms with Crippen LogP contribution >= 0.6 is 0 Å². The van der Waals surface area contributed by atoms with Gasteiger partial charge in [0.1, 0.15) is 5.76 Å². The number of hydrogen-bond donors (Lipinski definition) is 2. The van der Waals surface area contributed by atoms with Crippen LogP contribution in [0.1, 0.15) is 72.6 Å². The zero-order valence-electron chi connectivity index (χ0n) is 18.2. The fourth-order valence-corrected chi connectivity index (χ4v) is 7.01. The molecule has 0 aliphatic heterocycles. The van der Waals surface area contributed by atoms with Gasteiger partial charge < -0.3 is 15.2 Å². The molecule has 4 aliphatic rings. The van der Waals surface area contributed by atoms with Crippen LogP contribution in [-0.4, -0.2) is 22.7 Å². The Bertz CT molecular complexity index is 761. The molecule has 0 aromatic rings. The molecule has 0 heterocycles. The van der Waals surface area contributed by atoms with E-state index in [0.29, 0.717) is 35.9 Å². The predicted octanol–water partition coefficient (Wildman–Crippen LogP) is 5.28. The molecule has 29 heavy (non-hydrogen) atoms. The van der Waals surface area contributed by atoms with E-state index in [4.69, 9.17) is 9.84 Å². The van der Waals surface area contributed by atoms with Gasteiger partial charge in [-0.1, -0.05) is 13.0 Å². The summed E-state index contributed by atoms with van der Waals surface area (Å²) in [7, 11) is 0. The summed E-state index contributed by atoms with van der Waals surface area (Å²) in [5.74, 6) is 3.37. The lowest BCUT2D eigenvalue weighted by Crippen LogP contribution is -2.51. The van der Waals surface area contributed by atoms with Crippen LogP contribution in [-0.2, 0) is 9.53 Å². The highest BCUT2D eigenvalue weighted by atomic mass is 16.7. The van der Waals surface area contributed by atoms with E-state index in [0.717, 1.165) is 32.1 Å². The lowest BCUT2D eigenvalue weighted by Gasteiger charge is -2.52. The van der Waals surface area contributed by atoms with Crippen molar-refractivity contribution in [2.45, 2.75) is 78.2 Å². The Balaban J connectivity index is 1.53. The van der Waals surface area contributed by atoms with Crippen molar-refractivity contribution in [3.05, 3.63) is 23.5 Å². The number of allylic oxidation sites excluding steroid dienone is 4. The molecule has 0 bridgehead atoms. The van der Waals surface area contributed by atoms with Crippen LogP contribution in [0.3, 0.4) is 0 Å². The summed E-state index contributed by atoms with van der Waals surface area (Å²) in [4.78, 5) is 23.9. The van der Waals surface area contributed by atoms with Gasteiger partial charge in [0.05, 0.1) is 0 Å². The van der Waals surface area contributed by atoms with Gasteiger partial charge >= 0.3 is 6.16 Å². The van der Waals surface area contributed by atoms with Crippen molar-refractivity contribution in [3.63, 3.8) is 0 Å². The fourth-order valence-electron chi connectivity index (χ4n) is 7.01. The number of carbonyl (C=O) groups excluding carboxylic acids is 1. The first-order valence-electron chi connectivity index (χ1n) is 11.2. The van der Waals surface area contributed by atoms with Crippen molar-refractivity contribution in [3.8, 4) is 0 Å². The van der Waals surface area contributed by atoms with Crippen molar-refractivity contribution in [2.24, 2.45) is 35.0 Å². The van der Waals surface area contributed by atoms with Gasteiger partial charge in [0.25, 0.3) is 0 Å². The quantitative estimate of drug-likeness (QED) is 0.617. The second-order valence-corrected chi connectivity index (χ2v) is 10.9. The minimum Gasteiger partial charge on any atom is -0.449 e. The number of nitrogens with one attached hydrogen (secondary N) is 1. The summed E-state index contributed by atoms with van der Waals surface area (Å²) >= 11 is 0. The molecule has 0 aromatic heterocycles. The second-order valence-electron chi connectivity index (χ2n) is 10.9. The highest BCUT2D eigenvalue weighted by Crippen LogP contribution is 2.63. The van der Waals surface area contributed by atoms with E-state index in [1.54, 1.807) is 0 Å². The Morgan fingerprint density at radius 3 is 2.62 bits per heavy atom. The standard InChI is InChI=1S/C24H35NO4/c1-23(2,3)25-21(26)20-10-9-19-18-7-5-14-13-15(29-22(27)28)6-8-16(14)17(18)11-12-24(19,20)4/h5,13,16-20H,6-12H2,1-4H3,(H,25,26)(H,27,28)/t16-,17+,18+,19-,20+,24-/m0/s1. The van der Waals surface area contributed by atoms with E-state index in [2.05, 4.69) is 39.1 Å². The largest absolute Gasteiger partial charge is 0.511 e. The minimum atomic E-state index is -1.22. The molecule has 5 nitrogen and oxygen atoms in total. The number of ether oxygens (including phenoxy) is 1. The van der Waals surface area contributed by atoms with E-state index in [1.807, 2.05) is 6.08 Å². The summed E-state index contributed by atoms with van der Waals surface area (Å²) in [6, 6.07) is 0. The Morgan fingerprint density at radius 2 is 1.93 bits per heavy atom. The first kappa shape index (κ1) is 20.5. The van der Waals surface area contributed by atoms with Gasteiger partial charge in [-0.15, -0.1) is 0 Å². The van der Waals surface area contributed by atoms with Crippen LogP contribution in [0.4, 0.5) is 4.79 Å². The van der Waals surface area contributed by atoms with Crippen molar-refractivity contribution in [1.82, 2.24) is 5.32 Å². The Hall–Kier alpha value is -1.78. The highest BCUT2D eigenvalue weighted by molar-refractivity contribution is 5.80. The number of carbonyl (C=O) groups is 2. The zero-order valence-corrected chi connectivity index (χ0v) is 18.2. The van der Waals surface area contributed by atoms with Crippen LogP contribution in [0.25, 0.3) is 0 Å². The molecule has 0 radical (unpaired) electrons.